The van der Waals surface area contributed by atoms with E-state index in [-0.39, 0.29) is 24.2 Å². The number of nitrogens with zero attached hydrogens (tertiary/aromatic N) is 2. The third-order valence-corrected chi connectivity index (χ3v) is 7.97. The molecule has 0 saturated carbocycles. The minimum absolute atomic E-state index is 0.0602. The second kappa shape index (κ2) is 13.8. The molecular weight excluding hydrogens is 578 g/mol. The Kier molecular flexibility index (Phi) is 9.86. The SMILES string of the molecule is COc1cc(C(=O)NC2CCOCC2)ccc1NCC#Cc1cc2c(N[C@H]3CCN(C)C[C@H]3F)cccc2n1CC(F)(F)F. The van der Waals surface area contributed by atoms with Crippen LogP contribution in [0.3, 0.4) is 0 Å². The second-order valence-corrected chi connectivity index (χ2v) is 11.2. The van der Waals surface area contributed by atoms with Crippen molar-refractivity contribution in [3.8, 4) is 17.6 Å². The summed E-state index contributed by atoms with van der Waals surface area (Å²) in [6, 6.07) is 11.3. The average Bonchev–Trinajstić information content (AvgIpc) is 3.33. The zero-order valence-corrected chi connectivity index (χ0v) is 24.8. The molecule has 2 aliphatic heterocycles. The number of amides is 1. The number of methoxy groups -OCH3 is 1. The highest BCUT2D eigenvalue weighted by atomic mass is 19.4. The van der Waals surface area contributed by atoms with Crippen LogP contribution in [0.25, 0.3) is 10.9 Å². The molecule has 1 aromatic heterocycles. The van der Waals surface area contributed by atoms with Crippen molar-refractivity contribution >= 4 is 28.2 Å². The minimum Gasteiger partial charge on any atom is -0.495 e. The number of anilines is 2. The first-order valence-electron chi connectivity index (χ1n) is 14.7. The van der Waals surface area contributed by atoms with Crippen molar-refractivity contribution in [1.82, 2.24) is 14.8 Å². The monoisotopic (exact) mass is 615 g/mol. The predicted octanol–water partition coefficient (Wildman–Crippen LogP) is 5.04. The van der Waals surface area contributed by atoms with Crippen LogP contribution in [0.15, 0.2) is 42.5 Å². The van der Waals surface area contributed by atoms with Gasteiger partial charge in [-0.1, -0.05) is 12.0 Å². The van der Waals surface area contributed by atoms with E-state index in [2.05, 4.69) is 27.8 Å². The summed E-state index contributed by atoms with van der Waals surface area (Å²) in [7, 11) is 3.35. The van der Waals surface area contributed by atoms with E-state index in [1.165, 1.54) is 7.11 Å². The van der Waals surface area contributed by atoms with Gasteiger partial charge in [0.2, 0.25) is 0 Å². The van der Waals surface area contributed by atoms with Gasteiger partial charge in [-0.05, 0) is 68.6 Å². The van der Waals surface area contributed by atoms with E-state index in [0.29, 0.717) is 59.8 Å². The van der Waals surface area contributed by atoms with E-state index in [0.717, 1.165) is 24.0 Å². The molecule has 2 aliphatic rings. The first-order chi connectivity index (χ1) is 21.1. The fourth-order valence-corrected chi connectivity index (χ4v) is 5.65. The molecular formula is C32H37F4N5O3. The number of halogens is 4. The summed E-state index contributed by atoms with van der Waals surface area (Å²) in [6.45, 7) is 1.16. The molecule has 2 atom stereocenters. The molecule has 3 N–H and O–H groups in total. The first-order valence-corrected chi connectivity index (χ1v) is 14.7. The van der Waals surface area contributed by atoms with Crippen molar-refractivity contribution in [1.29, 1.82) is 0 Å². The van der Waals surface area contributed by atoms with Crippen molar-refractivity contribution < 1.29 is 31.8 Å². The Morgan fingerprint density at radius 3 is 2.64 bits per heavy atom. The number of alkyl halides is 4. The standard InChI is InChI=1S/C32H37F4N5O3/c1-40-14-10-27(25(33)19-40)39-26-6-3-7-29-24(26)18-23(41(29)20-32(34,35)36)5-4-13-37-28-9-8-21(17-30(28)43-2)31(42)38-22-11-15-44-16-12-22/h3,6-9,17-18,22,25,27,37,39H,10-16,19-20H2,1-2H3,(H,38,42)/t25-,27+/m1/s1. The number of carbonyl (C=O) groups excluding carboxylic acids is 1. The number of carbonyl (C=O) groups is 1. The highest BCUT2D eigenvalue weighted by molar-refractivity contribution is 5.96. The lowest BCUT2D eigenvalue weighted by atomic mass is 10.0. The van der Waals surface area contributed by atoms with Gasteiger partial charge < -0.3 is 34.9 Å². The van der Waals surface area contributed by atoms with E-state index in [9.17, 15) is 22.4 Å². The number of fused-ring (bicyclic) bond motifs is 1. The van der Waals surface area contributed by atoms with Gasteiger partial charge >= 0.3 is 6.18 Å². The Morgan fingerprint density at radius 1 is 1.11 bits per heavy atom. The van der Waals surface area contributed by atoms with Crippen LogP contribution in [-0.4, -0.2) is 86.8 Å². The Hall–Kier alpha value is -3.95. The highest BCUT2D eigenvalue weighted by Gasteiger charge is 2.31. The third-order valence-electron chi connectivity index (χ3n) is 7.97. The number of aromatic nitrogens is 1. The van der Waals surface area contributed by atoms with Crippen LogP contribution in [0.5, 0.6) is 5.75 Å². The van der Waals surface area contributed by atoms with Crippen LogP contribution in [0.4, 0.5) is 28.9 Å². The number of hydrogen-bond donors (Lipinski definition) is 3. The van der Waals surface area contributed by atoms with E-state index >= 15 is 0 Å². The lowest BCUT2D eigenvalue weighted by Crippen LogP contribution is -2.46. The van der Waals surface area contributed by atoms with Gasteiger partial charge in [-0.2, -0.15) is 13.2 Å². The molecule has 0 unspecified atom stereocenters. The molecule has 0 aliphatic carbocycles. The largest absolute Gasteiger partial charge is 0.495 e. The van der Waals surface area contributed by atoms with E-state index in [4.69, 9.17) is 9.47 Å². The number of ether oxygens (including phenoxy) is 2. The highest BCUT2D eigenvalue weighted by Crippen LogP contribution is 2.32. The van der Waals surface area contributed by atoms with Gasteiger partial charge in [0.15, 0.2) is 0 Å². The summed E-state index contributed by atoms with van der Waals surface area (Å²) < 4.78 is 67.5. The van der Waals surface area contributed by atoms with E-state index in [1.54, 1.807) is 42.5 Å². The van der Waals surface area contributed by atoms with Gasteiger partial charge in [-0.25, -0.2) is 4.39 Å². The maximum Gasteiger partial charge on any atom is 0.406 e. The Labute approximate surface area is 254 Å². The van der Waals surface area contributed by atoms with Crippen molar-refractivity contribution in [2.45, 2.75) is 50.2 Å². The Balaban J connectivity index is 1.32. The topological polar surface area (TPSA) is 79.8 Å². The van der Waals surface area contributed by atoms with Gasteiger partial charge in [0.05, 0.1) is 36.6 Å². The summed E-state index contributed by atoms with van der Waals surface area (Å²) in [5.41, 5.74) is 2.17. The summed E-state index contributed by atoms with van der Waals surface area (Å²) in [5, 5.41) is 9.92. The molecule has 3 heterocycles. The first kappa shape index (κ1) is 31.5. The van der Waals surface area contributed by atoms with Gasteiger partial charge in [-0.15, -0.1) is 0 Å². The van der Waals surface area contributed by atoms with E-state index < -0.39 is 24.9 Å². The van der Waals surface area contributed by atoms with Crippen LogP contribution in [0, 0.1) is 11.8 Å². The number of hydrogen-bond acceptors (Lipinski definition) is 6. The summed E-state index contributed by atoms with van der Waals surface area (Å²) in [4.78, 5) is 14.6. The molecule has 12 heteroatoms. The molecule has 44 heavy (non-hydrogen) atoms. The number of nitrogens with one attached hydrogen (secondary N) is 3. The van der Waals surface area contributed by atoms with Gasteiger partial charge in [0, 0.05) is 49.0 Å². The minimum atomic E-state index is -4.46. The van der Waals surface area contributed by atoms with Crippen LogP contribution in [0.1, 0.15) is 35.3 Å². The summed E-state index contributed by atoms with van der Waals surface area (Å²) in [5.74, 6) is 6.03. The Bertz CT molecular complexity index is 1520. The third kappa shape index (κ3) is 7.76. The molecule has 0 bridgehead atoms. The second-order valence-electron chi connectivity index (χ2n) is 11.2. The number of likely N-dealkylation sites (tertiary alicyclic amines) is 1. The molecule has 0 spiro atoms. The van der Waals surface area contributed by atoms with Crippen LogP contribution < -0.4 is 20.7 Å². The number of piperidine rings is 1. The number of benzene rings is 2. The maximum absolute atomic E-state index is 14.7. The van der Waals surface area contributed by atoms with Crippen LogP contribution >= 0.6 is 0 Å². The predicted molar refractivity (Wildman–Crippen MR) is 162 cm³/mol. The fourth-order valence-electron chi connectivity index (χ4n) is 5.65. The molecule has 2 saturated heterocycles. The zero-order valence-electron chi connectivity index (χ0n) is 24.8. The number of rotatable bonds is 8. The van der Waals surface area contributed by atoms with Crippen LogP contribution in [0.2, 0.25) is 0 Å². The zero-order chi connectivity index (χ0) is 31.3. The average molecular weight is 616 g/mol. The van der Waals surface area contributed by atoms with Crippen molar-refractivity contribution in [3.05, 3.63) is 53.7 Å². The molecule has 236 valence electrons. The van der Waals surface area contributed by atoms with Gasteiger partial charge in [-0.3, -0.25) is 4.79 Å². The summed E-state index contributed by atoms with van der Waals surface area (Å²) in [6.07, 6.45) is -3.46. The quantitative estimate of drug-likeness (QED) is 0.244. The molecule has 0 radical (unpaired) electrons. The Morgan fingerprint density at radius 2 is 1.91 bits per heavy atom. The lowest BCUT2D eigenvalue weighted by Gasteiger charge is -2.33. The molecule has 2 aromatic carbocycles. The smallest absolute Gasteiger partial charge is 0.406 e. The molecule has 8 nitrogen and oxygen atoms in total. The van der Waals surface area contributed by atoms with Crippen molar-refractivity contribution in [3.63, 3.8) is 0 Å². The molecule has 1 amide bonds. The molecule has 2 fully saturated rings. The van der Waals surface area contributed by atoms with Gasteiger partial charge in [0.1, 0.15) is 18.5 Å². The molecule has 5 rings (SSSR count). The maximum atomic E-state index is 14.7. The van der Waals surface area contributed by atoms with Gasteiger partial charge in [0.25, 0.3) is 5.91 Å². The summed E-state index contributed by atoms with van der Waals surface area (Å²) >= 11 is 0. The van der Waals surface area contributed by atoms with Crippen LogP contribution in [-0.2, 0) is 11.3 Å². The molecule has 3 aromatic rings. The van der Waals surface area contributed by atoms with E-state index in [1.807, 2.05) is 11.9 Å². The normalized spacial score (nSPS) is 19.7. The lowest BCUT2D eigenvalue weighted by molar-refractivity contribution is -0.140. The fraction of sp³-hybridized carbons (Fsp3) is 0.469. The van der Waals surface area contributed by atoms with Crippen molar-refractivity contribution in [2.75, 3.05) is 57.6 Å². The van der Waals surface area contributed by atoms with Crippen molar-refractivity contribution in [2.24, 2.45) is 0 Å².